The largest absolute Gasteiger partial charge is 0.354 e. The predicted molar refractivity (Wildman–Crippen MR) is 79.4 cm³/mol. The Morgan fingerprint density at radius 1 is 1.16 bits per heavy atom. The van der Waals surface area contributed by atoms with E-state index in [2.05, 4.69) is 33.8 Å². The average molecular weight is 278 g/mol. The van der Waals surface area contributed by atoms with Gasteiger partial charge >= 0.3 is 0 Å². The topological polar surface area (TPSA) is 56.9 Å². The number of halogens is 1. The van der Waals surface area contributed by atoms with E-state index in [1.165, 1.54) is 17.2 Å². The summed E-state index contributed by atoms with van der Waals surface area (Å²) >= 11 is 0. The minimum Gasteiger partial charge on any atom is -0.354 e. The molecule has 0 bridgehead atoms. The first-order valence-corrected chi connectivity index (χ1v) is 6.10. The van der Waals surface area contributed by atoms with Gasteiger partial charge in [0.1, 0.15) is 0 Å². The highest BCUT2D eigenvalue weighted by Gasteiger charge is 2.12. The van der Waals surface area contributed by atoms with E-state index in [1.54, 1.807) is 12.3 Å². The first-order valence-electron chi connectivity index (χ1n) is 6.10. The van der Waals surface area contributed by atoms with E-state index >= 15 is 0 Å². The van der Waals surface area contributed by atoms with Crippen molar-refractivity contribution in [3.63, 3.8) is 0 Å². The lowest BCUT2D eigenvalue weighted by Crippen LogP contribution is -2.24. The summed E-state index contributed by atoms with van der Waals surface area (Å²) in [5.41, 5.74) is 4.62. The molecular weight excluding hydrogens is 262 g/mol. The maximum absolute atomic E-state index is 11.0. The molecule has 2 aromatic rings. The minimum absolute atomic E-state index is 0. The summed E-state index contributed by atoms with van der Waals surface area (Å²) < 4.78 is 0. The Bertz CT molecular complexity index is 604. The van der Waals surface area contributed by atoms with Gasteiger partial charge in [0.15, 0.2) is 0 Å². The number of hydrogen-bond donors (Lipinski definition) is 3. The number of anilines is 2. The van der Waals surface area contributed by atoms with E-state index in [4.69, 9.17) is 0 Å². The van der Waals surface area contributed by atoms with Crippen LogP contribution in [0.15, 0.2) is 41.3 Å². The molecule has 0 amide bonds. The lowest BCUT2D eigenvalue weighted by Gasteiger charge is -2.21. The zero-order valence-corrected chi connectivity index (χ0v) is 11.2. The van der Waals surface area contributed by atoms with Crippen molar-refractivity contribution in [3.05, 3.63) is 58.0 Å². The molecule has 5 heteroatoms. The Balaban J connectivity index is 0.00000133. The van der Waals surface area contributed by atoms with Gasteiger partial charge in [0, 0.05) is 24.5 Å². The van der Waals surface area contributed by atoms with Crippen molar-refractivity contribution in [2.75, 3.05) is 11.9 Å². The third kappa shape index (κ3) is 2.97. The van der Waals surface area contributed by atoms with Crippen LogP contribution in [0.3, 0.4) is 0 Å². The van der Waals surface area contributed by atoms with E-state index in [0.717, 1.165) is 30.9 Å². The summed E-state index contributed by atoms with van der Waals surface area (Å²) in [6.45, 7) is 1.93. The van der Waals surface area contributed by atoms with Crippen LogP contribution in [-0.2, 0) is 13.0 Å². The van der Waals surface area contributed by atoms with Crippen molar-refractivity contribution in [1.29, 1.82) is 0 Å². The number of aromatic nitrogens is 1. The van der Waals surface area contributed by atoms with Gasteiger partial charge in [-0.05, 0) is 36.2 Å². The smallest absolute Gasteiger partial charge is 0.248 e. The number of hydrogen-bond acceptors (Lipinski definition) is 3. The number of rotatable bonds is 2. The van der Waals surface area contributed by atoms with E-state index in [1.807, 2.05) is 0 Å². The summed E-state index contributed by atoms with van der Waals surface area (Å²) in [5, 5.41) is 6.73. The normalized spacial score (nSPS) is 13.3. The van der Waals surface area contributed by atoms with E-state index in [-0.39, 0.29) is 18.0 Å². The predicted octanol–water partition coefficient (Wildman–Crippen LogP) is 2.19. The lowest BCUT2D eigenvalue weighted by molar-refractivity contribution is 0.645. The molecule has 1 aliphatic rings. The van der Waals surface area contributed by atoms with Crippen molar-refractivity contribution >= 4 is 23.8 Å². The lowest BCUT2D eigenvalue weighted by atomic mass is 9.99. The number of nitrogens with one attached hydrogen (secondary N) is 3. The zero-order valence-electron chi connectivity index (χ0n) is 10.4. The third-order valence-corrected chi connectivity index (χ3v) is 3.21. The van der Waals surface area contributed by atoms with Gasteiger partial charge in [-0.3, -0.25) is 4.79 Å². The van der Waals surface area contributed by atoms with Crippen LogP contribution in [0.5, 0.6) is 0 Å². The summed E-state index contributed by atoms with van der Waals surface area (Å²) in [5.74, 6) is 0. The molecule has 1 aromatic heterocycles. The fourth-order valence-corrected chi connectivity index (χ4v) is 2.28. The maximum atomic E-state index is 11.0. The Hall–Kier alpha value is -1.78. The van der Waals surface area contributed by atoms with Gasteiger partial charge in [0.05, 0.1) is 5.69 Å². The van der Waals surface area contributed by atoms with Crippen molar-refractivity contribution in [1.82, 2.24) is 10.3 Å². The molecule has 0 atom stereocenters. The molecule has 3 rings (SSSR count). The molecule has 0 fully saturated rings. The Labute approximate surface area is 117 Å². The monoisotopic (exact) mass is 277 g/mol. The molecule has 1 aliphatic heterocycles. The molecule has 0 aliphatic carbocycles. The van der Waals surface area contributed by atoms with Gasteiger partial charge < -0.3 is 15.6 Å². The quantitative estimate of drug-likeness (QED) is 0.789. The molecule has 0 unspecified atom stereocenters. The minimum atomic E-state index is -0.0858. The van der Waals surface area contributed by atoms with Crippen LogP contribution in [0.25, 0.3) is 0 Å². The molecule has 0 radical (unpaired) electrons. The molecule has 19 heavy (non-hydrogen) atoms. The highest BCUT2D eigenvalue weighted by atomic mass is 35.5. The van der Waals surface area contributed by atoms with Crippen LogP contribution < -0.4 is 16.2 Å². The summed E-state index contributed by atoms with van der Waals surface area (Å²) in [6.07, 6.45) is 2.76. The SMILES string of the molecule is Cl.O=c1ccc(Nc2cccc3c2CNCC3)c[nH]1. The molecule has 1 aromatic carbocycles. The van der Waals surface area contributed by atoms with Gasteiger partial charge in [-0.15, -0.1) is 12.4 Å². The fraction of sp³-hybridized carbons (Fsp3) is 0.214. The van der Waals surface area contributed by atoms with Crippen LogP contribution in [0.4, 0.5) is 11.4 Å². The molecule has 100 valence electrons. The average Bonchev–Trinajstić information content (AvgIpc) is 2.42. The zero-order chi connectivity index (χ0) is 12.4. The summed E-state index contributed by atoms with van der Waals surface area (Å²) in [6, 6.07) is 9.62. The molecular formula is C14H16ClN3O. The van der Waals surface area contributed by atoms with Gasteiger partial charge in [0.25, 0.3) is 0 Å². The second kappa shape index (κ2) is 5.91. The molecule has 4 nitrogen and oxygen atoms in total. The number of fused-ring (bicyclic) bond motifs is 1. The van der Waals surface area contributed by atoms with Crippen LogP contribution in [0.1, 0.15) is 11.1 Å². The number of H-pyrrole nitrogens is 1. The van der Waals surface area contributed by atoms with Crippen molar-refractivity contribution in [2.45, 2.75) is 13.0 Å². The Kier molecular flexibility index (Phi) is 4.24. The number of pyridine rings is 1. The van der Waals surface area contributed by atoms with E-state index < -0.39 is 0 Å². The maximum Gasteiger partial charge on any atom is 0.248 e. The molecule has 3 N–H and O–H groups in total. The van der Waals surface area contributed by atoms with Gasteiger partial charge in [-0.2, -0.15) is 0 Å². The second-order valence-electron chi connectivity index (χ2n) is 4.44. The molecule has 0 saturated carbocycles. The van der Waals surface area contributed by atoms with Crippen LogP contribution in [-0.4, -0.2) is 11.5 Å². The van der Waals surface area contributed by atoms with Gasteiger partial charge in [-0.25, -0.2) is 0 Å². The van der Waals surface area contributed by atoms with Crippen molar-refractivity contribution < 1.29 is 0 Å². The molecule has 2 heterocycles. The van der Waals surface area contributed by atoms with Crippen LogP contribution >= 0.6 is 12.4 Å². The van der Waals surface area contributed by atoms with Crippen molar-refractivity contribution in [3.8, 4) is 0 Å². The number of benzene rings is 1. The van der Waals surface area contributed by atoms with Gasteiger partial charge in [-0.1, -0.05) is 12.1 Å². The Morgan fingerprint density at radius 2 is 2.05 bits per heavy atom. The number of aromatic amines is 1. The standard InChI is InChI=1S/C14H15N3O.ClH/c18-14-5-4-11(8-16-14)17-13-3-1-2-10-6-7-15-9-12(10)13;/h1-5,8,15,17H,6-7,9H2,(H,16,18);1H. The first kappa shape index (κ1) is 13.6. The highest BCUT2D eigenvalue weighted by Crippen LogP contribution is 2.25. The highest BCUT2D eigenvalue weighted by molar-refractivity contribution is 5.85. The summed E-state index contributed by atoms with van der Waals surface area (Å²) in [7, 11) is 0. The van der Waals surface area contributed by atoms with E-state index in [0.29, 0.717) is 0 Å². The van der Waals surface area contributed by atoms with E-state index in [9.17, 15) is 4.79 Å². The van der Waals surface area contributed by atoms with Gasteiger partial charge in [0.2, 0.25) is 5.56 Å². The summed E-state index contributed by atoms with van der Waals surface area (Å²) in [4.78, 5) is 13.7. The molecule has 0 saturated heterocycles. The Morgan fingerprint density at radius 3 is 2.84 bits per heavy atom. The molecule has 0 spiro atoms. The van der Waals surface area contributed by atoms with Crippen LogP contribution in [0.2, 0.25) is 0 Å². The van der Waals surface area contributed by atoms with Crippen molar-refractivity contribution in [2.24, 2.45) is 0 Å². The van der Waals surface area contributed by atoms with Crippen LogP contribution in [0, 0.1) is 0 Å². The third-order valence-electron chi connectivity index (χ3n) is 3.21. The first-order chi connectivity index (χ1) is 8.83. The fourth-order valence-electron chi connectivity index (χ4n) is 2.28. The second-order valence-corrected chi connectivity index (χ2v) is 4.44.